The van der Waals surface area contributed by atoms with Gasteiger partial charge in [-0.05, 0) is 67.9 Å². The minimum absolute atomic E-state index is 0.0349. The third-order valence-electron chi connectivity index (χ3n) is 9.70. The van der Waals surface area contributed by atoms with Crippen molar-refractivity contribution in [3.63, 3.8) is 0 Å². The molecule has 0 bridgehead atoms. The predicted molar refractivity (Wildman–Crippen MR) is 158 cm³/mol. The Morgan fingerprint density at radius 2 is 1.82 bits per heavy atom. The van der Waals surface area contributed by atoms with Gasteiger partial charge in [0.2, 0.25) is 5.91 Å². The van der Waals surface area contributed by atoms with Gasteiger partial charge in [0.25, 0.3) is 0 Å². The van der Waals surface area contributed by atoms with Crippen molar-refractivity contribution in [2.75, 3.05) is 0 Å². The molecule has 6 heteroatoms. The first-order valence-electron chi connectivity index (χ1n) is 14.6. The zero-order valence-corrected chi connectivity index (χ0v) is 24.1. The Bertz CT molecular complexity index is 1410. The fraction of sp³-hybridized carbons (Fsp3) is 0.471. The molecule has 0 unspecified atom stereocenters. The van der Waals surface area contributed by atoms with Crippen LogP contribution in [-0.2, 0) is 9.59 Å². The van der Waals surface area contributed by atoms with Gasteiger partial charge in [-0.1, -0.05) is 68.8 Å². The minimum atomic E-state index is -1.34. The maximum Gasteiger partial charge on any atom is 0.235 e. The molecular formula is C34H42N2O4. The molecule has 212 valence electrons. The van der Waals surface area contributed by atoms with Crippen molar-refractivity contribution in [3.05, 3.63) is 83.6 Å². The smallest absolute Gasteiger partial charge is 0.235 e. The summed E-state index contributed by atoms with van der Waals surface area (Å²) < 4.78 is 0. The molecule has 40 heavy (non-hydrogen) atoms. The van der Waals surface area contributed by atoms with E-state index in [1.807, 2.05) is 36.5 Å². The number of hydrogen-bond donors (Lipinski definition) is 4. The van der Waals surface area contributed by atoms with E-state index in [2.05, 4.69) is 56.2 Å². The van der Waals surface area contributed by atoms with Gasteiger partial charge in [0, 0.05) is 40.9 Å². The molecule has 2 aromatic rings. The van der Waals surface area contributed by atoms with Crippen LogP contribution in [0.2, 0.25) is 0 Å². The molecular weight excluding hydrogens is 500 g/mol. The van der Waals surface area contributed by atoms with Gasteiger partial charge in [0.05, 0.1) is 0 Å². The molecule has 1 aliphatic heterocycles. The summed E-state index contributed by atoms with van der Waals surface area (Å²) in [7, 11) is 0. The fourth-order valence-corrected chi connectivity index (χ4v) is 7.64. The molecule has 1 aromatic heterocycles. The summed E-state index contributed by atoms with van der Waals surface area (Å²) in [6.45, 7) is 10.2. The van der Waals surface area contributed by atoms with Gasteiger partial charge in [0.15, 0.2) is 5.78 Å². The van der Waals surface area contributed by atoms with Gasteiger partial charge in [0.1, 0.15) is 17.6 Å². The molecule has 6 nitrogen and oxygen atoms in total. The third kappa shape index (κ3) is 4.51. The minimum Gasteiger partial charge on any atom is -0.386 e. The van der Waals surface area contributed by atoms with E-state index < -0.39 is 23.5 Å². The molecule has 1 spiro atoms. The van der Waals surface area contributed by atoms with Crippen LogP contribution in [0.5, 0.6) is 0 Å². The van der Waals surface area contributed by atoms with Gasteiger partial charge in [-0.15, -0.1) is 0 Å². The van der Waals surface area contributed by atoms with Gasteiger partial charge >= 0.3 is 0 Å². The number of amides is 1. The van der Waals surface area contributed by atoms with Gasteiger partial charge < -0.3 is 20.5 Å². The maximum absolute atomic E-state index is 14.4. The number of fused-ring (bicyclic) bond motifs is 1. The molecule has 1 fully saturated rings. The van der Waals surface area contributed by atoms with E-state index in [-0.39, 0.29) is 41.4 Å². The molecule has 5 rings (SSSR count). The summed E-state index contributed by atoms with van der Waals surface area (Å²) in [6, 6.07) is 7.90. The molecule has 1 aromatic carbocycles. The molecule has 4 N–H and O–H groups in total. The second-order valence-electron chi connectivity index (χ2n) is 12.1. The number of hydrogen-bond acceptors (Lipinski definition) is 4. The fourth-order valence-electron chi connectivity index (χ4n) is 7.64. The monoisotopic (exact) mass is 542 g/mol. The quantitative estimate of drug-likeness (QED) is 0.310. The Morgan fingerprint density at radius 3 is 2.58 bits per heavy atom. The summed E-state index contributed by atoms with van der Waals surface area (Å²) in [5.41, 5.74) is 2.68. The van der Waals surface area contributed by atoms with Gasteiger partial charge in [-0.2, -0.15) is 0 Å². The second kappa shape index (κ2) is 11.0. The lowest BCUT2D eigenvalue weighted by Gasteiger charge is -2.46. The van der Waals surface area contributed by atoms with E-state index >= 15 is 0 Å². The van der Waals surface area contributed by atoms with E-state index in [9.17, 15) is 19.8 Å². The summed E-state index contributed by atoms with van der Waals surface area (Å²) >= 11 is 0. The highest BCUT2D eigenvalue weighted by atomic mass is 16.3. The number of aliphatic hydroxyl groups excluding tert-OH is 2. The van der Waals surface area contributed by atoms with Crippen LogP contribution in [0.4, 0.5) is 0 Å². The number of carbonyl (C=O) groups is 2. The molecule has 0 radical (unpaired) electrons. The van der Waals surface area contributed by atoms with E-state index in [4.69, 9.17) is 0 Å². The lowest BCUT2D eigenvalue weighted by molar-refractivity contribution is -0.142. The number of allylic oxidation sites excluding steroid dienone is 6. The number of aromatic amines is 1. The predicted octanol–water partition coefficient (Wildman–Crippen LogP) is 5.36. The Balaban J connectivity index is 1.66. The molecule has 1 amide bonds. The normalized spacial score (nSPS) is 38.4. The van der Waals surface area contributed by atoms with E-state index in [0.717, 1.165) is 22.9 Å². The molecule has 0 saturated carbocycles. The zero-order valence-electron chi connectivity index (χ0n) is 24.1. The molecule has 2 aliphatic carbocycles. The Hall–Kier alpha value is -3.22. The van der Waals surface area contributed by atoms with Gasteiger partial charge in [-0.3, -0.25) is 9.59 Å². The lowest BCUT2D eigenvalue weighted by Crippen LogP contribution is -2.52. The average molecular weight is 543 g/mol. The Morgan fingerprint density at radius 1 is 1.07 bits per heavy atom. The first-order chi connectivity index (χ1) is 19.1. The van der Waals surface area contributed by atoms with Crippen LogP contribution in [0.25, 0.3) is 10.9 Å². The number of rotatable bonds is 3. The van der Waals surface area contributed by atoms with Crippen molar-refractivity contribution in [1.29, 1.82) is 0 Å². The van der Waals surface area contributed by atoms with Crippen LogP contribution in [0, 0.1) is 29.1 Å². The van der Waals surface area contributed by atoms with Crippen molar-refractivity contribution >= 4 is 22.6 Å². The maximum atomic E-state index is 14.4. The third-order valence-corrected chi connectivity index (χ3v) is 9.70. The number of carbonyl (C=O) groups excluding carboxylic acids is 2. The van der Waals surface area contributed by atoms with E-state index in [1.165, 1.54) is 17.7 Å². The highest BCUT2D eigenvalue weighted by molar-refractivity contribution is 6.14. The van der Waals surface area contributed by atoms with E-state index in [0.29, 0.717) is 12.0 Å². The zero-order chi connectivity index (χ0) is 28.8. The largest absolute Gasteiger partial charge is 0.386 e. The van der Waals surface area contributed by atoms with Crippen molar-refractivity contribution in [1.82, 2.24) is 10.3 Å². The number of aromatic nitrogens is 1. The molecule has 1 saturated heterocycles. The van der Waals surface area contributed by atoms with Crippen LogP contribution in [0.1, 0.15) is 58.9 Å². The van der Waals surface area contributed by atoms with Crippen molar-refractivity contribution in [2.24, 2.45) is 29.1 Å². The number of H-pyrrole nitrogens is 1. The summed E-state index contributed by atoms with van der Waals surface area (Å²) in [6.07, 6.45) is 12.0. The summed E-state index contributed by atoms with van der Waals surface area (Å²) in [5, 5.41) is 25.9. The molecule has 2 heterocycles. The van der Waals surface area contributed by atoms with E-state index in [1.54, 1.807) is 6.92 Å². The van der Waals surface area contributed by atoms with Crippen LogP contribution in [-0.4, -0.2) is 45.1 Å². The van der Waals surface area contributed by atoms with Crippen LogP contribution in [0.15, 0.2) is 78.1 Å². The first kappa shape index (κ1) is 28.3. The van der Waals surface area contributed by atoms with Crippen LogP contribution < -0.4 is 5.32 Å². The van der Waals surface area contributed by atoms with Crippen molar-refractivity contribution in [3.8, 4) is 0 Å². The summed E-state index contributed by atoms with van der Waals surface area (Å²) in [5.74, 6) is -1.17. The first-order valence-corrected chi connectivity index (χ1v) is 14.6. The Kier molecular flexibility index (Phi) is 7.77. The Labute approximate surface area is 236 Å². The lowest BCUT2D eigenvalue weighted by atomic mass is 9.53. The molecule has 9 atom stereocenters. The van der Waals surface area contributed by atoms with Crippen molar-refractivity contribution in [2.45, 2.75) is 71.6 Å². The standard InChI is InChI=1S/C34H42N2O4/c1-6-24-20(3)17-23-11-9-10-19(2)16-21(4)32(39)28(37)14-15-29(38)34(23)30(24)31(36-33(34)40)22(5)26-18-35-27-13-8-7-12-25(26)27/h7-9,11-19,22-24,28,30-32,35,37,39H,6,10H2,1-5H3,(H,36,40)/b11-9-,15-14-,21-16-/t19-,22+,23-,24+,28+,30-,31-,32+,34+/m0/s1. The number of aliphatic hydroxyl groups is 2. The topological polar surface area (TPSA) is 102 Å². The van der Waals surface area contributed by atoms with Crippen molar-refractivity contribution < 1.29 is 19.8 Å². The SMILES string of the molecule is CC[C@@H]1C(C)=C[C@@H]2/C=C\C[C@H](C)/C=C(/C)[C@@H](O)[C@H](O)/C=C\C(=O)[C@]23C(=O)N[C@@H]([C@H](C)c2c[nH]c4ccccc24)[C@H]13. The number of benzene rings is 1. The highest BCUT2D eigenvalue weighted by Crippen LogP contribution is 2.57. The number of ketones is 1. The average Bonchev–Trinajstić information content (AvgIpc) is 3.50. The summed E-state index contributed by atoms with van der Waals surface area (Å²) in [4.78, 5) is 32.0. The van der Waals surface area contributed by atoms with Gasteiger partial charge in [-0.25, -0.2) is 0 Å². The molecule has 3 aliphatic rings. The number of nitrogens with one attached hydrogen (secondary N) is 2. The van der Waals surface area contributed by atoms with Crippen LogP contribution >= 0.6 is 0 Å². The highest BCUT2D eigenvalue weighted by Gasteiger charge is 2.66. The van der Waals surface area contributed by atoms with Crippen LogP contribution in [0.3, 0.4) is 0 Å². The second-order valence-corrected chi connectivity index (χ2v) is 12.1. The number of para-hydroxylation sites is 1.